The third kappa shape index (κ3) is 3.77. The highest BCUT2D eigenvalue weighted by molar-refractivity contribution is 6.29. The van der Waals surface area contributed by atoms with Crippen molar-refractivity contribution in [1.29, 1.82) is 0 Å². The molecular formula is C14H22ClNO2. The quantitative estimate of drug-likeness (QED) is 0.776. The zero-order valence-electron chi connectivity index (χ0n) is 11.6. The van der Waals surface area contributed by atoms with Crippen LogP contribution in [0.4, 0.5) is 0 Å². The Bertz CT molecular complexity index is 383. The summed E-state index contributed by atoms with van der Waals surface area (Å²) >= 11 is 5.72. The lowest BCUT2D eigenvalue weighted by molar-refractivity contribution is 0.0608. The molecule has 3 nitrogen and oxygen atoms in total. The second kappa shape index (κ2) is 6.83. The van der Waals surface area contributed by atoms with Crippen molar-refractivity contribution in [2.24, 2.45) is 5.92 Å². The fourth-order valence-electron chi connectivity index (χ4n) is 2.09. The molecule has 0 spiro atoms. The average Bonchev–Trinajstić information content (AvgIpc) is 2.74. The van der Waals surface area contributed by atoms with E-state index >= 15 is 0 Å². The highest BCUT2D eigenvalue weighted by Crippen LogP contribution is 2.19. The molecule has 0 bridgehead atoms. The van der Waals surface area contributed by atoms with Crippen LogP contribution in [0.15, 0.2) is 16.5 Å². The molecule has 1 amide bonds. The van der Waals surface area contributed by atoms with Gasteiger partial charge in [-0.1, -0.05) is 27.7 Å². The van der Waals surface area contributed by atoms with Crippen molar-refractivity contribution in [2.75, 3.05) is 6.54 Å². The zero-order chi connectivity index (χ0) is 13.7. The molecule has 0 aliphatic carbocycles. The lowest BCUT2D eigenvalue weighted by Gasteiger charge is -2.31. The maximum Gasteiger partial charge on any atom is 0.289 e. The molecule has 0 aromatic carbocycles. The van der Waals surface area contributed by atoms with Crippen molar-refractivity contribution >= 4 is 17.5 Å². The minimum Gasteiger partial charge on any atom is -0.440 e. The molecule has 0 atom stereocenters. The van der Waals surface area contributed by atoms with E-state index in [1.54, 1.807) is 12.1 Å². The first kappa shape index (κ1) is 15.1. The number of hydrogen-bond donors (Lipinski definition) is 0. The van der Waals surface area contributed by atoms with Crippen LogP contribution in [0.1, 0.15) is 51.1 Å². The first-order valence-corrected chi connectivity index (χ1v) is 6.93. The molecule has 0 unspecified atom stereocenters. The Morgan fingerprint density at radius 1 is 1.33 bits per heavy atom. The van der Waals surface area contributed by atoms with Gasteiger partial charge in [0.1, 0.15) is 0 Å². The summed E-state index contributed by atoms with van der Waals surface area (Å²) < 4.78 is 5.22. The summed E-state index contributed by atoms with van der Waals surface area (Å²) in [5, 5.41) is 0.257. The van der Waals surface area contributed by atoms with Crippen molar-refractivity contribution in [1.82, 2.24) is 4.90 Å². The Morgan fingerprint density at radius 3 is 2.33 bits per heavy atom. The van der Waals surface area contributed by atoms with Gasteiger partial charge in [0.15, 0.2) is 11.0 Å². The SMILES string of the molecule is CCC(CC)N(CC(C)C)C(=O)c1ccc(Cl)o1. The van der Waals surface area contributed by atoms with Crippen LogP contribution in [0.3, 0.4) is 0 Å². The summed E-state index contributed by atoms with van der Waals surface area (Å²) in [6, 6.07) is 3.50. The van der Waals surface area contributed by atoms with E-state index in [-0.39, 0.29) is 17.2 Å². The molecule has 0 N–H and O–H groups in total. The summed E-state index contributed by atoms with van der Waals surface area (Å²) in [5.41, 5.74) is 0. The number of amides is 1. The summed E-state index contributed by atoms with van der Waals surface area (Å²) in [6.45, 7) is 9.16. The van der Waals surface area contributed by atoms with Crippen molar-refractivity contribution in [3.8, 4) is 0 Å². The van der Waals surface area contributed by atoms with Crippen molar-refractivity contribution in [3.05, 3.63) is 23.1 Å². The second-order valence-corrected chi connectivity index (χ2v) is 5.30. The highest BCUT2D eigenvalue weighted by Gasteiger charge is 2.25. The van der Waals surface area contributed by atoms with Gasteiger partial charge < -0.3 is 9.32 Å². The molecule has 18 heavy (non-hydrogen) atoms. The molecule has 1 heterocycles. The van der Waals surface area contributed by atoms with Gasteiger partial charge >= 0.3 is 0 Å². The van der Waals surface area contributed by atoms with Crippen molar-refractivity contribution in [3.63, 3.8) is 0 Å². The van der Waals surface area contributed by atoms with Gasteiger partial charge in [0.25, 0.3) is 5.91 Å². The fraction of sp³-hybridized carbons (Fsp3) is 0.643. The monoisotopic (exact) mass is 271 g/mol. The maximum atomic E-state index is 12.4. The van der Waals surface area contributed by atoms with Crippen LogP contribution in [0.2, 0.25) is 5.22 Å². The van der Waals surface area contributed by atoms with E-state index in [0.29, 0.717) is 11.7 Å². The van der Waals surface area contributed by atoms with E-state index in [2.05, 4.69) is 27.7 Å². The molecular weight excluding hydrogens is 250 g/mol. The van der Waals surface area contributed by atoms with Gasteiger partial charge in [-0.2, -0.15) is 0 Å². The van der Waals surface area contributed by atoms with Gasteiger partial charge in [-0.05, 0) is 42.5 Å². The minimum absolute atomic E-state index is 0.0655. The van der Waals surface area contributed by atoms with Gasteiger partial charge in [-0.3, -0.25) is 4.79 Å². The Kier molecular flexibility index (Phi) is 5.73. The van der Waals surface area contributed by atoms with E-state index in [0.717, 1.165) is 19.4 Å². The molecule has 4 heteroatoms. The third-order valence-electron chi connectivity index (χ3n) is 2.99. The summed E-state index contributed by atoms with van der Waals surface area (Å²) in [6.07, 6.45) is 1.90. The molecule has 0 saturated heterocycles. The lowest BCUT2D eigenvalue weighted by Crippen LogP contribution is -2.41. The van der Waals surface area contributed by atoms with Crippen LogP contribution in [-0.4, -0.2) is 23.4 Å². The minimum atomic E-state index is -0.0655. The molecule has 0 aliphatic heterocycles. The van der Waals surface area contributed by atoms with E-state index < -0.39 is 0 Å². The van der Waals surface area contributed by atoms with Crippen LogP contribution >= 0.6 is 11.6 Å². The Labute approximate surface area is 114 Å². The van der Waals surface area contributed by atoms with E-state index in [4.69, 9.17) is 16.0 Å². The third-order valence-corrected chi connectivity index (χ3v) is 3.19. The molecule has 1 aromatic heterocycles. The van der Waals surface area contributed by atoms with Gasteiger partial charge in [0.2, 0.25) is 0 Å². The zero-order valence-corrected chi connectivity index (χ0v) is 12.3. The average molecular weight is 272 g/mol. The van der Waals surface area contributed by atoms with E-state index in [9.17, 15) is 4.79 Å². The van der Waals surface area contributed by atoms with Crippen molar-refractivity contribution in [2.45, 2.75) is 46.6 Å². The highest BCUT2D eigenvalue weighted by atomic mass is 35.5. The van der Waals surface area contributed by atoms with Crippen LogP contribution in [-0.2, 0) is 0 Å². The normalized spacial score (nSPS) is 11.3. The molecule has 1 rings (SSSR count). The number of hydrogen-bond acceptors (Lipinski definition) is 2. The predicted molar refractivity (Wildman–Crippen MR) is 74.0 cm³/mol. The number of nitrogens with zero attached hydrogens (tertiary/aromatic N) is 1. The topological polar surface area (TPSA) is 33.5 Å². The molecule has 0 aliphatic rings. The van der Waals surface area contributed by atoms with Gasteiger partial charge in [0, 0.05) is 12.6 Å². The van der Waals surface area contributed by atoms with Crippen LogP contribution < -0.4 is 0 Å². The Balaban J connectivity index is 2.91. The van der Waals surface area contributed by atoms with Gasteiger partial charge in [-0.25, -0.2) is 0 Å². The largest absolute Gasteiger partial charge is 0.440 e. The lowest BCUT2D eigenvalue weighted by atomic mass is 10.1. The van der Waals surface area contributed by atoms with Crippen molar-refractivity contribution < 1.29 is 9.21 Å². The Hall–Kier alpha value is -0.960. The summed E-state index contributed by atoms with van der Waals surface area (Å²) in [4.78, 5) is 14.3. The fourth-order valence-corrected chi connectivity index (χ4v) is 2.24. The standard InChI is InChI=1S/C14H22ClNO2/c1-5-11(6-2)16(9-10(3)4)14(17)12-7-8-13(15)18-12/h7-8,10-11H,5-6,9H2,1-4H3. The predicted octanol–water partition coefficient (Wildman–Crippen LogP) is 4.22. The van der Waals surface area contributed by atoms with Crippen LogP contribution in [0, 0.1) is 5.92 Å². The van der Waals surface area contributed by atoms with Crippen LogP contribution in [0.25, 0.3) is 0 Å². The summed E-state index contributed by atoms with van der Waals surface area (Å²) in [7, 11) is 0. The smallest absolute Gasteiger partial charge is 0.289 e. The number of carbonyl (C=O) groups excluding carboxylic acids is 1. The number of rotatable bonds is 6. The van der Waals surface area contributed by atoms with Gasteiger partial charge in [-0.15, -0.1) is 0 Å². The second-order valence-electron chi connectivity index (χ2n) is 4.93. The Morgan fingerprint density at radius 2 is 1.94 bits per heavy atom. The molecule has 0 radical (unpaired) electrons. The molecule has 102 valence electrons. The number of furan rings is 1. The van der Waals surface area contributed by atoms with E-state index in [1.165, 1.54) is 0 Å². The first-order chi connectivity index (χ1) is 8.49. The molecule has 0 saturated carbocycles. The molecule has 1 aromatic rings. The number of carbonyl (C=O) groups is 1. The maximum absolute atomic E-state index is 12.4. The van der Waals surface area contributed by atoms with E-state index in [1.807, 2.05) is 4.90 Å². The van der Waals surface area contributed by atoms with Gasteiger partial charge in [0.05, 0.1) is 0 Å². The first-order valence-electron chi connectivity index (χ1n) is 6.55. The summed E-state index contributed by atoms with van der Waals surface area (Å²) in [5.74, 6) is 0.692. The van der Waals surface area contributed by atoms with Crippen LogP contribution in [0.5, 0.6) is 0 Å². The number of halogens is 1. The molecule has 0 fully saturated rings.